The Balaban J connectivity index is 1.81. The molecule has 2 fully saturated rings. The minimum atomic E-state index is -2.49. The molecule has 1 saturated carbocycles. The van der Waals surface area contributed by atoms with Gasteiger partial charge in [-0.2, -0.15) is 0 Å². The van der Waals surface area contributed by atoms with Crippen molar-refractivity contribution in [2.24, 2.45) is 22.6 Å². The fraction of sp³-hybridized carbons (Fsp3) is 0.929. The molecule has 1 heterocycles. The highest BCUT2D eigenvalue weighted by atomic mass is 19.3. The third-order valence-electron chi connectivity index (χ3n) is 4.36. The maximum atomic E-state index is 13.3. The molecule has 1 saturated heterocycles. The van der Waals surface area contributed by atoms with Crippen LogP contribution in [0.3, 0.4) is 0 Å². The highest BCUT2D eigenvalue weighted by Gasteiger charge is 2.36. The third kappa shape index (κ3) is 4.32. The molecule has 0 radical (unpaired) electrons. The number of piperidine rings is 1. The van der Waals surface area contributed by atoms with Gasteiger partial charge in [0, 0.05) is 32.5 Å². The molecule has 1 aliphatic heterocycles. The predicted octanol–water partition coefficient (Wildman–Crippen LogP) is 2.86. The van der Waals surface area contributed by atoms with E-state index in [1.54, 1.807) is 0 Å². The van der Waals surface area contributed by atoms with Gasteiger partial charge in [0.2, 0.25) is 5.92 Å². The molecule has 2 rings (SSSR count). The monoisotopic (exact) mass is 273 g/mol. The maximum Gasteiger partial charge on any atom is 0.248 e. The zero-order valence-electron chi connectivity index (χ0n) is 11.7. The van der Waals surface area contributed by atoms with Crippen molar-refractivity contribution >= 4 is 5.96 Å². The lowest BCUT2D eigenvalue weighted by atomic mass is 9.86. The molecule has 1 unspecified atom stereocenters. The van der Waals surface area contributed by atoms with Gasteiger partial charge in [0.15, 0.2) is 5.96 Å². The molecule has 0 aromatic carbocycles. The minimum Gasteiger partial charge on any atom is -0.370 e. The first-order chi connectivity index (χ1) is 8.96. The van der Waals surface area contributed by atoms with Crippen molar-refractivity contribution in [2.45, 2.75) is 51.4 Å². The van der Waals surface area contributed by atoms with Crippen molar-refractivity contribution in [1.29, 1.82) is 0 Å². The molecule has 2 N–H and O–H groups in total. The second-order valence-corrected chi connectivity index (χ2v) is 6.19. The molecule has 0 aromatic heterocycles. The van der Waals surface area contributed by atoms with Crippen molar-refractivity contribution < 1.29 is 8.78 Å². The van der Waals surface area contributed by atoms with E-state index in [1.165, 1.54) is 0 Å². The van der Waals surface area contributed by atoms with Gasteiger partial charge in [-0.25, -0.2) is 8.78 Å². The Hall–Kier alpha value is -0.870. The van der Waals surface area contributed by atoms with Crippen LogP contribution in [0.5, 0.6) is 0 Å². The van der Waals surface area contributed by atoms with E-state index in [0.29, 0.717) is 18.9 Å². The largest absolute Gasteiger partial charge is 0.370 e. The first-order valence-corrected chi connectivity index (χ1v) is 7.39. The maximum absolute atomic E-state index is 13.3. The normalized spacial score (nSPS) is 29.5. The molecule has 0 spiro atoms. The average molecular weight is 273 g/mol. The van der Waals surface area contributed by atoms with Gasteiger partial charge < -0.3 is 10.6 Å². The molecular formula is C14H25F2N3. The van der Waals surface area contributed by atoms with Crippen LogP contribution in [-0.4, -0.2) is 36.4 Å². The Kier molecular flexibility index (Phi) is 4.63. The van der Waals surface area contributed by atoms with Gasteiger partial charge in [-0.1, -0.05) is 6.92 Å². The second kappa shape index (κ2) is 6.06. The quantitative estimate of drug-likeness (QED) is 0.621. The van der Waals surface area contributed by atoms with Gasteiger partial charge in [0.25, 0.3) is 0 Å². The zero-order valence-corrected chi connectivity index (χ0v) is 11.7. The van der Waals surface area contributed by atoms with Crippen LogP contribution in [0, 0.1) is 11.8 Å². The van der Waals surface area contributed by atoms with Crippen LogP contribution in [0.15, 0.2) is 4.99 Å². The number of rotatable bonds is 2. The summed E-state index contributed by atoms with van der Waals surface area (Å²) < 4.78 is 26.6. The fourth-order valence-electron chi connectivity index (χ4n) is 2.99. The van der Waals surface area contributed by atoms with Gasteiger partial charge in [-0.05, 0) is 37.5 Å². The lowest BCUT2D eigenvalue weighted by Crippen LogP contribution is -2.42. The fourth-order valence-corrected chi connectivity index (χ4v) is 2.99. The van der Waals surface area contributed by atoms with Crippen molar-refractivity contribution in [3.63, 3.8) is 0 Å². The molecular weight excluding hydrogens is 248 g/mol. The van der Waals surface area contributed by atoms with E-state index in [-0.39, 0.29) is 18.8 Å². The molecule has 1 aliphatic carbocycles. The summed E-state index contributed by atoms with van der Waals surface area (Å²) in [5, 5.41) is 0. The standard InChI is InChI=1S/C14H25F2N3/c1-11-4-7-19(8-5-11)13(17)18-10-12-3-2-6-14(15,16)9-12/h11-12H,2-10H2,1H3,(H2,17,18). The molecule has 110 valence electrons. The predicted molar refractivity (Wildman–Crippen MR) is 73.4 cm³/mol. The summed E-state index contributed by atoms with van der Waals surface area (Å²) in [6, 6.07) is 0. The summed E-state index contributed by atoms with van der Waals surface area (Å²) in [5.74, 6) is -1.21. The number of halogens is 2. The SMILES string of the molecule is CC1CCN(C(N)=NCC2CCCC(F)(F)C2)CC1. The van der Waals surface area contributed by atoms with Crippen LogP contribution in [0.1, 0.15) is 45.4 Å². The molecule has 0 amide bonds. The number of hydrogen-bond acceptors (Lipinski definition) is 1. The van der Waals surface area contributed by atoms with Gasteiger partial charge >= 0.3 is 0 Å². The Labute approximate surface area is 114 Å². The van der Waals surface area contributed by atoms with E-state index in [4.69, 9.17) is 5.73 Å². The van der Waals surface area contributed by atoms with Crippen LogP contribution in [0.25, 0.3) is 0 Å². The molecule has 19 heavy (non-hydrogen) atoms. The van der Waals surface area contributed by atoms with Gasteiger partial charge in [0.05, 0.1) is 0 Å². The van der Waals surface area contributed by atoms with Gasteiger partial charge in [0.1, 0.15) is 0 Å². The van der Waals surface area contributed by atoms with E-state index >= 15 is 0 Å². The zero-order chi connectivity index (χ0) is 13.9. The molecule has 0 aromatic rings. The van der Waals surface area contributed by atoms with Crippen LogP contribution in [0.4, 0.5) is 8.78 Å². The van der Waals surface area contributed by atoms with Crippen LogP contribution < -0.4 is 5.73 Å². The third-order valence-corrected chi connectivity index (χ3v) is 4.36. The summed E-state index contributed by atoms with van der Waals surface area (Å²) in [6.07, 6.45) is 3.74. The second-order valence-electron chi connectivity index (χ2n) is 6.19. The lowest BCUT2D eigenvalue weighted by molar-refractivity contribution is -0.0508. The van der Waals surface area contributed by atoms with E-state index < -0.39 is 5.92 Å². The molecule has 5 heteroatoms. The number of alkyl halides is 2. The van der Waals surface area contributed by atoms with Gasteiger partial charge in [-0.3, -0.25) is 4.99 Å². The van der Waals surface area contributed by atoms with Crippen molar-refractivity contribution in [3.8, 4) is 0 Å². The van der Waals surface area contributed by atoms with Gasteiger partial charge in [-0.15, -0.1) is 0 Å². The summed E-state index contributed by atoms with van der Waals surface area (Å²) in [4.78, 5) is 6.43. The molecule has 2 aliphatic rings. The van der Waals surface area contributed by atoms with Crippen molar-refractivity contribution in [2.75, 3.05) is 19.6 Å². The van der Waals surface area contributed by atoms with E-state index in [1.807, 2.05) is 0 Å². The van der Waals surface area contributed by atoms with Crippen LogP contribution in [-0.2, 0) is 0 Å². The average Bonchev–Trinajstić information content (AvgIpc) is 2.36. The Morgan fingerprint density at radius 1 is 1.32 bits per heavy atom. The topological polar surface area (TPSA) is 41.6 Å². The number of aliphatic imine (C=N–C) groups is 1. The van der Waals surface area contributed by atoms with Crippen molar-refractivity contribution in [3.05, 3.63) is 0 Å². The highest BCUT2D eigenvalue weighted by Crippen LogP contribution is 2.36. The number of likely N-dealkylation sites (tertiary alicyclic amines) is 1. The van der Waals surface area contributed by atoms with Crippen LogP contribution in [0.2, 0.25) is 0 Å². The van der Waals surface area contributed by atoms with Crippen molar-refractivity contribution in [1.82, 2.24) is 4.90 Å². The first-order valence-electron chi connectivity index (χ1n) is 7.39. The number of nitrogens with zero attached hydrogens (tertiary/aromatic N) is 2. The lowest BCUT2D eigenvalue weighted by Gasteiger charge is -2.32. The summed E-state index contributed by atoms with van der Waals surface area (Å²) in [5.41, 5.74) is 5.97. The Bertz CT molecular complexity index is 323. The summed E-state index contributed by atoms with van der Waals surface area (Å²) >= 11 is 0. The minimum absolute atomic E-state index is 0.00832. The Morgan fingerprint density at radius 2 is 2.00 bits per heavy atom. The Morgan fingerprint density at radius 3 is 2.63 bits per heavy atom. The van der Waals surface area contributed by atoms with E-state index in [0.717, 1.165) is 38.3 Å². The molecule has 0 bridgehead atoms. The number of hydrogen-bond donors (Lipinski definition) is 1. The van der Waals surface area contributed by atoms with Crippen LogP contribution >= 0.6 is 0 Å². The summed E-state index contributed by atoms with van der Waals surface area (Å²) in [6.45, 7) is 4.58. The first kappa shape index (κ1) is 14.5. The number of nitrogens with two attached hydrogens (primary N) is 1. The summed E-state index contributed by atoms with van der Waals surface area (Å²) in [7, 11) is 0. The molecule has 3 nitrogen and oxygen atoms in total. The smallest absolute Gasteiger partial charge is 0.248 e. The number of guanidine groups is 1. The van der Waals surface area contributed by atoms with E-state index in [2.05, 4.69) is 16.8 Å². The molecule has 1 atom stereocenters. The highest BCUT2D eigenvalue weighted by molar-refractivity contribution is 5.78. The van der Waals surface area contributed by atoms with E-state index in [9.17, 15) is 8.78 Å².